The third kappa shape index (κ3) is 4.02. The standard InChI is InChI=1S/C22H18F2N4O3/c1-11(21-17(24)4-12(7-25)8-26-21)27-19(29)6-16-20(13-9-31-10-13)15-5-14(23)2-3-18(15)28-22(16)30/h2-5,8,11,13H,6,9-10H2,1H3,(H,27,29)(H,28,30)/t11-/m0/s1. The number of carbonyl (C=O) groups is 1. The number of H-pyrrole nitrogens is 1. The summed E-state index contributed by atoms with van der Waals surface area (Å²) in [5, 5.41) is 12.0. The molecule has 1 aromatic carbocycles. The maximum atomic E-state index is 14.2. The molecule has 1 fully saturated rings. The quantitative estimate of drug-likeness (QED) is 0.655. The van der Waals surface area contributed by atoms with Crippen molar-refractivity contribution in [2.24, 2.45) is 0 Å². The Morgan fingerprint density at radius 3 is 2.81 bits per heavy atom. The topological polar surface area (TPSA) is 108 Å². The van der Waals surface area contributed by atoms with Crippen LogP contribution in [0.5, 0.6) is 0 Å². The molecule has 9 heteroatoms. The number of carbonyl (C=O) groups excluding carboxylic acids is 1. The fraction of sp³-hybridized carbons (Fsp3) is 0.273. The molecule has 2 N–H and O–H groups in total. The number of aromatic amines is 1. The Bertz CT molecular complexity index is 1280. The van der Waals surface area contributed by atoms with E-state index in [9.17, 15) is 18.4 Å². The summed E-state index contributed by atoms with van der Waals surface area (Å²) < 4.78 is 33.3. The number of hydrogen-bond donors (Lipinski definition) is 2. The second-order valence-corrected chi connectivity index (χ2v) is 7.44. The number of nitriles is 1. The zero-order valence-electron chi connectivity index (χ0n) is 16.5. The Morgan fingerprint density at radius 2 is 2.16 bits per heavy atom. The Hall–Kier alpha value is -3.64. The Morgan fingerprint density at radius 1 is 1.39 bits per heavy atom. The summed E-state index contributed by atoms with van der Waals surface area (Å²) in [6, 6.07) is 6.13. The predicted molar refractivity (Wildman–Crippen MR) is 107 cm³/mol. The number of ether oxygens (including phenoxy) is 1. The van der Waals surface area contributed by atoms with Crippen LogP contribution in [0, 0.1) is 23.0 Å². The predicted octanol–water partition coefficient (Wildman–Crippen LogP) is 2.61. The van der Waals surface area contributed by atoms with E-state index in [1.165, 1.54) is 24.4 Å². The van der Waals surface area contributed by atoms with Crippen molar-refractivity contribution in [2.75, 3.05) is 13.2 Å². The average molecular weight is 424 g/mol. The second kappa shape index (κ2) is 8.24. The van der Waals surface area contributed by atoms with E-state index in [2.05, 4.69) is 15.3 Å². The lowest BCUT2D eigenvalue weighted by molar-refractivity contribution is -0.121. The van der Waals surface area contributed by atoms with Gasteiger partial charge in [0.15, 0.2) is 0 Å². The van der Waals surface area contributed by atoms with Gasteiger partial charge < -0.3 is 15.0 Å². The number of pyridine rings is 2. The van der Waals surface area contributed by atoms with Crippen molar-refractivity contribution < 1.29 is 18.3 Å². The molecule has 0 bridgehead atoms. The first-order chi connectivity index (χ1) is 14.9. The second-order valence-electron chi connectivity index (χ2n) is 7.44. The first-order valence-corrected chi connectivity index (χ1v) is 9.64. The van der Waals surface area contributed by atoms with Crippen LogP contribution < -0.4 is 10.9 Å². The molecule has 31 heavy (non-hydrogen) atoms. The van der Waals surface area contributed by atoms with Gasteiger partial charge in [0.05, 0.1) is 36.9 Å². The van der Waals surface area contributed by atoms with E-state index in [-0.39, 0.29) is 29.2 Å². The van der Waals surface area contributed by atoms with Crippen molar-refractivity contribution in [3.63, 3.8) is 0 Å². The Labute approximate surface area is 175 Å². The molecular formula is C22H18F2N4O3. The van der Waals surface area contributed by atoms with Crippen molar-refractivity contribution in [2.45, 2.75) is 25.3 Å². The van der Waals surface area contributed by atoms with Gasteiger partial charge in [-0.25, -0.2) is 8.78 Å². The average Bonchev–Trinajstić information content (AvgIpc) is 2.69. The van der Waals surface area contributed by atoms with E-state index in [0.29, 0.717) is 29.7 Å². The minimum atomic E-state index is -0.785. The molecule has 2 aromatic heterocycles. The molecule has 1 aliphatic heterocycles. The van der Waals surface area contributed by atoms with Crippen LogP contribution in [0.15, 0.2) is 35.3 Å². The molecule has 3 aromatic rings. The summed E-state index contributed by atoms with van der Waals surface area (Å²) >= 11 is 0. The van der Waals surface area contributed by atoms with Crippen molar-refractivity contribution in [3.05, 3.63) is 74.8 Å². The van der Waals surface area contributed by atoms with E-state index in [1.807, 2.05) is 0 Å². The number of hydrogen-bond acceptors (Lipinski definition) is 5. The van der Waals surface area contributed by atoms with E-state index < -0.39 is 29.1 Å². The summed E-state index contributed by atoms with van der Waals surface area (Å²) in [6.07, 6.45) is 0.953. The molecule has 4 rings (SSSR count). The third-order valence-corrected chi connectivity index (χ3v) is 5.29. The first kappa shape index (κ1) is 20.6. The van der Waals surface area contributed by atoms with Crippen LogP contribution >= 0.6 is 0 Å². The molecular weight excluding hydrogens is 406 g/mol. The lowest BCUT2D eigenvalue weighted by Crippen LogP contribution is -2.34. The molecule has 3 heterocycles. The molecule has 1 aliphatic rings. The highest BCUT2D eigenvalue weighted by atomic mass is 19.1. The van der Waals surface area contributed by atoms with Gasteiger partial charge >= 0.3 is 0 Å². The van der Waals surface area contributed by atoms with E-state index >= 15 is 0 Å². The summed E-state index contributed by atoms with van der Waals surface area (Å²) in [7, 11) is 0. The van der Waals surface area contributed by atoms with Crippen LogP contribution in [0.1, 0.15) is 41.3 Å². The number of rotatable bonds is 5. The maximum absolute atomic E-state index is 14.2. The molecule has 1 atom stereocenters. The summed E-state index contributed by atoms with van der Waals surface area (Å²) in [5.74, 6) is -1.80. The van der Waals surface area contributed by atoms with Crippen LogP contribution in [-0.2, 0) is 16.0 Å². The van der Waals surface area contributed by atoms with Crippen molar-refractivity contribution in [1.29, 1.82) is 5.26 Å². The summed E-state index contributed by atoms with van der Waals surface area (Å²) in [6.45, 7) is 2.30. The van der Waals surface area contributed by atoms with Gasteiger partial charge in [0.1, 0.15) is 17.7 Å². The molecule has 0 saturated carbocycles. The molecule has 1 amide bonds. The molecule has 0 spiro atoms. The van der Waals surface area contributed by atoms with E-state index in [4.69, 9.17) is 10.00 Å². The van der Waals surface area contributed by atoms with Gasteiger partial charge in [-0.2, -0.15) is 5.26 Å². The third-order valence-electron chi connectivity index (χ3n) is 5.29. The highest BCUT2D eigenvalue weighted by molar-refractivity contribution is 5.86. The maximum Gasteiger partial charge on any atom is 0.252 e. The molecule has 7 nitrogen and oxygen atoms in total. The number of aromatic nitrogens is 2. The number of halogens is 2. The van der Waals surface area contributed by atoms with Gasteiger partial charge in [0.25, 0.3) is 5.56 Å². The highest BCUT2D eigenvalue weighted by Crippen LogP contribution is 2.32. The zero-order valence-corrected chi connectivity index (χ0v) is 16.5. The lowest BCUT2D eigenvalue weighted by Gasteiger charge is -2.29. The molecule has 158 valence electrons. The monoisotopic (exact) mass is 424 g/mol. The number of amides is 1. The Balaban J connectivity index is 1.63. The molecule has 0 unspecified atom stereocenters. The number of nitrogens with zero attached hydrogens (tertiary/aromatic N) is 2. The fourth-order valence-electron chi connectivity index (χ4n) is 3.72. The van der Waals surface area contributed by atoms with E-state index in [0.717, 1.165) is 6.07 Å². The SMILES string of the molecule is C[C@H](NC(=O)Cc1c(C2COC2)c2cc(F)ccc2[nH]c1=O)c1ncc(C#N)cc1F. The van der Waals surface area contributed by atoms with Crippen LogP contribution in [0.3, 0.4) is 0 Å². The number of fused-ring (bicyclic) bond motifs is 1. The number of nitrogens with one attached hydrogen (secondary N) is 2. The largest absolute Gasteiger partial charge is 0.380 e. The first-order valence-electron chi connectivity index (χ1n) is 9.64. The Kier molecular flexibility index (Phi) is 5.48. The molecule has 0 radical (unpaired) electrons. The van der Waals surface area contributed by atoms with Crippen LogP contribution in [-0.4, -0.2) is 29.1 Å². The van der Waals surface area contributed by atoms with Crippen molar-refractivity contribution >= 4 is 16.8 Å². The van der Waals surface area contributed by atoms with Gasteiger partial charge in [-0.3, -0.25) is 14.6 Å². The minimum Gasteiger partial charge on any atom is -0.380 e. The highest BCUT2D eigenvalue weighted by Gasteiger charge is 2.28. The zero-order chi connectivity index (χ0) is 22.1. The lowest BCUT2D eigenvalue weighted by atomic mass is 9.88. The van der Waals surface area contributed by atoms with Crippen molar-refractivity contribution in [1.82, 2.24) is 15.3 Å². The van der Waals surface area contributed by atoms with Gasteiger partial charge in [-0.15, -0.1) is 0 Å². The van der Waals surface area contributed by atoms with Crippen molar-refractivity contribution in [3.8, 4) is 6.07 Å². The van der Waals surface area contributed by atoms with E-state index in [1.54, 1.807) is 13.0 Å². The van der Waals surface area contributed by atoms with Gasteiger partial charge in [0, 0.05) is 28.6 Å². The van der Waals surface area contributed by atoms with Crippen LogP contribution in [0.2, 0.25) is 0 Å². The fourth-order valence-corrected chi connectivity index (χ4v) is 3.72. The summed E-state index contributed by atoms with van der Waals surface area (Å²) in [4.78, 5) is 32.0. The normalized spacial score (nSPS) is 14.6. The van der Waals surface area contributed by atoms with Crippen LogP contribution in [0.4, 0.5) is 8.78 Å². The van der Waals surface area contributed by atoms with Crippen LogP contribution in [0.25, 0.3) is 10.9 Å². The van der Waals surface area contributed by atoms with Gasteiger partial charge in [-0.05, 0) is 36.8 Å². The minimum absolute atomic E-state index is 0.0190. The van der Waals surface area contributed by atoms with Gasteiger partial charge in [-0.1, -0.05) is 0 Å². The van der Waals surface area contributed by atoms with Gasteiger partial charge in [0.2, 0.25) is 5.91 Å². The smallest absolute Gasteiger partial charge is 0.252 e. The molecule has 1 saturated heterocycles. The summed E-state index contributed by atoms with van der Waals surface area (Å²) in [5.41, 5.74) is 0.914. The number of benzene rings is 1. The molecule has 0 aliphatic carbocycles.